The molecule has 1 aromatic heterocycles. The van der Waals surface area contributed by atoms with E-state index in [0.29, 0.717) is 32.8 Å². The summed E-state index contributed by atoms with van der Waals surface area (Å²) in [6.45, 7) is 7.93. The molecule has 0 bridgehead atoms. The predicted octanol–water partition coefficient (Wildman–Crippen LogP) is 6.76. The van der Waals surface area contributed by atoms with Crippen LogP contribution < -0.4 is 0 Å². The molecular formula is C33H38N2O3. The molecule has 0 aliphatic heterocycles. The molecule has 3 unspecified atom stereocenters. The van der Waals surface area contributed by atoms with Gasteiger partial charge < -0.3 is 19.6 Å². The lowest BCUT2D eigenvalue weighted by Gasteiger charge is -2.41. The first kappa shape index (κ1) is 26.4. The summed E-state index contributed by atoms with van der Waals surface area (Å²) in [4.78, 5) is 8.28. The van der Waals surface area contributed by atoms with E-state index in [-0.39, 0.29) is 12.0 Å². The fourth-order valence-electron chi connectivity index (χ4n) is 6.16. The van der Waals surface area contributed by atoms with Crippen molar-refractivity contribution >= 4 is 17.6 Å². The van der Waals surface area contributed by atoms with Gasteiger partial charge in [0.05, 0.1) is 44.0 Å². The van der Waals surface area contributed by atoms with Gasteiger partial charge in [0.1, 0.15) is 0 Å². The lowest BCUT2D eigenvalue weighted by Crippen LogP contribution is -2.48. The average molecular weight is 511 g/mol. The van der Waals surface area contributed by atoms with Crippen LogP contribution in [0, 0.1) is 5.92 Å². The summed E-state index contributed by atoms with van der Waals surface area (Å²) in [5.74, 6) is -0.0717. The Morgan fingerprint density at radius 2 is 1.47 bits per heavy atom. The highest BCUT2D eigenvalue weighted by Gasteiger charge is 2.50. The van der Waals surface area contributed by atoms with E-state index in [2.05, 4.69) is 66.1 Å². The SMILES string of the molecule is C=NC1CC(O)C(CCC)C(COCc2ccccc2)(COCc2ccccc2)c2[nH]c3ccccc3c21. The molecule has 0 saturated heterocycles. The summed E-state index contributed by atoms with van der Waals surface area (Å²) in [6.07, 6.45) is 1.76. The molecule has 0 fully saturated rings. The highest BCUT2D eigenvalue weighted by Crippen LogP contribution is 2.49. The summed E-state index contributed by atoms with van der Waals surface area (Å²) in [5.41, 5.74) is 4.89. The molecule has 1 heterocycles. The Balaban J connectivity index is 1.60. The highest BCUT2D eigenvalue weighted by atomic mass is 16.5. The molecule has 1 aliphatic carbocycles. The molecule has 0 spiro atoms. The first-order valence-electron chi connectivity index (χ1n) is 13.6. The van der Waals surface area contributed by atoms with E-state index in [4.69, 9.17) is 9.47 Å². The Bertz CT molecular complexity index is 1270. The average Bonchev–Trinajstić information content (AvgIpc) is 3.31. The number of nitrogens with zero attached hydrogens (tertiary/aromatic N) is 1. The fourth-order valence-corrected chi connectivity index (χ4v) is 6.16. The lowest BCUT2D eigenvalue weighted by molar-refractivity contribution is -0.0559. The maximum atomic E-state index is 11.7. The van der Waals surface area contributed by atoms with Crippen LogP contribution in [0.15, 0.2) is 89.9 Å². The molecule has 3 aromatic carbocycles. The molecule has 0 amide bonds. The number of aliphatic imine (C=N–C) groups is 1. The van der Waals surface area contributed by atoms with Gasteiger partial charge in [0.15, 0.2) is 0 Å². The van der Waals surface area contributed by atoms with Crippen LogP contribution in [-0.2, 0) is 28.1 Å². The number of aliphatic hydroxyl groups excluding tert-OH is 1. The molecule has 3 atom stereocenters. The van der Waals surface area contributed by atoms with E-state index in [1.54, 1.807) is 0 Å². The minimum absolute atomic E-state index is 0.0717. The van der Waals surface area contributed by atoms with Gasteiger partial charge >= 0.3 is 0 Å². The molecule has 5 nitrogen and oxygen atoms in total. The van der Waals surface area contributed by atoms with Gasteiger partial charge in [-0.3, -0.25) is 4.99 Å². The monoisotopic (exact) mass is 510 g/mol. The van der Waals surface area contributed by atoms with Crippen molar-refractivity contribution in [2.24, 2.45) is 10.9 Å². The number of hydrogen-bond acceptors (Lipinski definition) is 4. The van der Waals surface area contributed by atoms with Crippen LogP contribution in [0.3, 0.4) is 0 Å². The Morgan fingerprint density at radius 3 is 2.05 bits per heavy atom. The largest absolute Gasteiger partial charge is 0.393 e. The molecule has 5 rings (SSSR count). The quantitative estimate of drug-likeness (QED) is 0.173. The van der Waals surface area contributed by atoms with Crippen molar-refractivity contribution in [1.82, 2.24) is 4.98 Å². The second-order valence-corrected chi connectivity index (χ2v) is 10.5. The summed E-state index contributed by atoms with van der Waals surface area (Å²) in [7, 11) is 0. The molecule has 38 heavy (non-hydrogen) atoms. The number of aromatic nitrogens is 1. The summed E-state index contributed by atoms with van der Waals surface area (Å²) < 4.78 is 13.0. The van der Waals surface area contributed by atoms with Crippen molar-refractivity contribution in [2.75, 3.05) is 13.2 Å². The number of hydrogen-bond donors (Lipinski definition) is 2. The van der Waals surface area contributed by atoms with E-state index in [1.807, 2.05) is 42.5 Å². The van der Waals surface area contributed by atoms with E-state index in [0.717, 1.165) is 46.1 Å². The third-order valence-electron chi connectivity index (χ3n) is 7.98. The van der Waals surface area contributed by atoms with Gasteiger partial charge in [-0.2, -0.15) is 0 Å². The van der Waals surface area contributed by atoms with Gasteiger partial charge in [-0.15, -0.1) is 0 Å². The summed E-state index contributed by atoms with van der Waals surface area (Å²) >= 11 is 0. The minimum Gasteiger partial charge on any atom is -0.393 e. The first-order chi connectivity index (χ1) is 18.7. The van der Waals surface area contributed by atoms with Crippen LogP contribution in [0.1, 0.15) is 54.6 Å². The molecule has 198 valence electrons. The van der Waals surface area contributed by atoms with Crippen molar-refractivity contribution in [3.63, 3.8) is 0 Å². The lowest BCUT2D eigenvalue weighted by atomic mass is 9.69. The van der Waals surface area contributed by atoms with Crippen molar-refractivity contribution < 1.29 is 14.6 Å². The molecule has 5 heteroatoms. The van der Waals surface area contributed by atoms with Crippen molar-refractivity contribution in [2.45, 2.75) is 57.0 Å². The standard InChI is InChI=1S/C33H38N2O3/c1-3-12-27-30(36)19-29(34-2)31-26-17-10-11-18-28(26)35-32(31)33(27,22-37-20-24-13-6-4-7-14-24)23-38-21-25-15-8-5-9-16-25/h4-11,13-18,27,29-30,35-36H,2-3,12,19-23H2,1H3. The number of H-pyrrole nitrogens is 1. The smallest absolute Gasteiger partial charge is 0.0790 e. The normalized spacial score (nSPS) is 20.6. The number of rotatable bonds is 11. The van der Waals surface area contributed by atoms with Gasteiger partial charge in [-0.1, -0.05) is 92.2 Å². The maximum absolute atomic E-state index is 11.7. The van der Waals surface area contributed by atoms with E-state index in [9.17, 15) is 5.11 Å². The number of fused-ring (bicyclic) bond motifs is 3. The molecule has 0 radical (unpaired) electrons. The number of aromatic amines is 1. The van der Waals surface area contributed by atoms with Gasteiger partial charge in [0.2, 0.25) is 0 Å². The second kappa shape index (κ2) is 12.1. The van der Waals surface area contributed by atoms with Crippen molar-refractivity contribution in [3.8, 4) is 0 Å². The summed E-state index contributed by atoms with van der Waals surface area (Å²) in [6, 6.07) is 28.6. The predicted molar refractivity (Wildman–Crippen MR) is 153 cm³/mol. The van der Waals surface area contributed by atoms with Crippen LogP contribution in [0.25, 0.3) is 10.9 Å². The number of aliphatic hydroxyl groups is 1. The van der Waals surface area contributed by atoms with E-state index < -0.39 is 11.5 Å². The van der Waals surface area contributed by atoms with Crippen LogP contribution >= 0.6 is 0 Å². The van der Waals surface area contributed by atoms with Crippen LogP contribution in [0.4, 0.5) is 0 Å². The Morgan fingerprint density at radius 1 is 0.895 bits per heavy atom. The third kappa shape index (κ3) is 5.32. The third-order valence-corrected chi connectivity index (χ3v) is 7.98. The zero-order valence-corrected chi connectivity index (χ0v) is 22.2. The molecular weight excluding hydrogens is 472 g/mol. The zero-order valence-electron chi connectivity index (χ0n) is 22.2. The van der Waals surface area contributed by atoms with Gasteiger partial charge in [-0.25, -0.2) is 0 Å². The van der Waals surface area contributed by atoms with E-state index in [1.165, 1.54) is 0 Å². The molecule has 0 saturated carbocycles. The Kier molecular flexibility index (Phi) is 8.38. The molecule has 4 aromatic rings. The maximum Gasteiger partial charge on any atom is 0.0790 e. The van der Waals surface area contributed by atoms with E-state index >= 15 is 0 Å². The minimum atomic E-state index is -0.590. The fraction of sp³-hybridized carbons (Fsp3) is 0.364. The Hall–Kier alpha value is -3.25. The number of benzene rings is 3. The Labute approximate surface area is 225 Å². The van der Waals surface area contributed by atoms with Gasteiger partial charge in [0.25, 0.3) is 0 Å². The first-order valence-corrected chi connectivity index (χ1v) is 13.6. The van der Waals surface area contributed by atoms with Crippen LogP contribution in [0.2, 0.25) is 0 Å². The van der Waals surface area contributed by atoms with Crippen LogP contribution in [-0.4, -0.2) is 36.1 Å². The zero-order chi connectivity index (χ0) is 26.4. The van der Waals surface area contributed by atoms with Crippen LogP contribution in [0.5, 0.6) is 0 Å². The van der Waals surface area contributed by atoms with Crippen molar-refractivity contribution in [3.05, 3.63) is 107 Å². The summed E-state index contributed by atoms with van der Waals surface area (Å²) in [5, 5.41) is 12.8. The highest BCUT2D eigenvalue weighted by molar-refractivity contribution is 5.86. The van der Waals surface area contributed by atoms with Gasteiger partial charge in [0, 0.05) is 34.5 Å². The number of ether oxygens (including phenoxy) is 2. The second-order valence-electron chi connectivity index (χ2n) is 10.5. The topological polar surface area (TPSA) is 66.8 Å². The molecule has 1 aliphatic rings. The van der Waals surface area contributed by atoms with Gasteiger partial charge in [-0.05, 0) is 30.3 Å². The van der Waals surface area contributed by atoms with Crippen molar-refractivity contribution in [1.29, 1.82) is 0 Å². The number of para-hydroxylation sites is 1. The molecule has 2 N–H and O–H groups in total. The number of nitrogens with one attached hydrogen (secondary N) is 1.